The van der Waals surface area contributed by atoms with Gasteiger partial charge in [-0.05, 0) is 18.6 Å². The second-order valence-corrected chi connectivity index (χ2v) is 3.90. The summed E-state index contributed by atoms with van der Waals surface area (Å²) in [6.45, 7) is 1.53. The molecule has 0 heterocycles. The fourth-order valence-corrected chi connectivity index (χ4v) is 1.48. The zero-order valence-electron chi connectivity index (χ0n) is 7.76. The van der Waals surface area contributed by atoms with Crippen LogP contribution in [0.2, 0.25) is 5.02 Å². The Balaban J connectivity index is 3.01. The lowest BCUT2D eigenvalue weighted by Crippen LogP contribution is -1.91. The molecule has 1 aromatic rings. The smallest absolute Gasteiger partial charge is 0.159 e. The van der Waals surface area contributed by atoms with Gasteiger partial charge < -0.3 is 0 Å². The number of allylic oxidation sites excluding steroid dienone is 1. The predicted octanol–water partition coefficient (Wildman–Crippen LogP) is 3.95. The molecule has 1 nitrogen and oxygen atoms in total. The molecule has 74 valence electrons. The van der Waals surface area contributed by atoms with Gasteiger partial charge >= 0.3 is 0 Å². The average Bonchev–Trinajstić information content (AvgIpc) is 2.15. The van der Waals surface area contributed by atoms with Crippen LogP contribution in [0.4, 0.5) is 0 Å². The lowest BCUT2D eigenvalue weighted by Gasteiger charge is -2.00. The second kappa shape index (κ2) is 5.32. The number of ketones is 1. The third-order valence-electron chi connectivity index (χ3n) is 1.79. The maximum atomic E-state index is 11.0. The standard InChI is InChI=1S/C11H10BrClO/c1-8(14)10-5-4-9(3-2-6-12)11(13)7-10/h2-5,7H,6H2,1H3. The maximum absolute atomic E-state index is 11.0. The van der Waals surface area contributed by atoms with Crippen molar-refractivity contribution >= 4 is 39.4 Å². The monoisotopic (exact) mass is 272 g/mol. The molecule has 0 unspecified atom stereocenters. The Bertz CT molecular complexity index is 372. The summed E-state index contributed by atoms with van der Waals surface area (Å²) in [4.78, 5) is 11.0. The Morgan fingerprint density at radius 2 is 2.29 bits per heavy atom. The first kappa shape index (κ1) is 11.5. The Morgan fingerprint density at radius 1 is 1.57 bits per heavy atom. The van der Waals surface area contributed by atoms with E-state index in [1.807, 2.05) is 18.2 Å². The van der Waals surface area contributed by atoms with Gasteiger partial charge in [0.05, 0.1) is 0 Å². The van der Waals surface area contributed by atoms with Crippen molar-refractivity contribution in [3.05, 3.63) is 40.4 Å². The Kier molecular flexibility index (Phi) is 4.36. The van der Waals surface area contributed by atoms with E-state index in [4.69, 9.17) is 11.6 Å². The van der Waals surface area contributed by atoms with Crippen LogP contribution in [0.15, 0.2) is 24.3 Å². The summed E-state index contributed by atoms with van der Waals surface area (Å²) in [5.41, 5.74) is 1.57. The number of hydrogen-bond acceptors (Lipinski definition) is 1. The highest BCUT2D eigenvalue weighted by molar-refractivity contribution is 9.09. The van der Waals surface area contributed by atoms with Crippen LogP contribution in [-0.4, -0.2) is 11.1 Å². The molecule has 0 spiro atoms. The van der Waals surface area contributed by atoms with Crippen LogP contribution in [0.3, 0.4) is 0 Å². The van der Waals surface area contributed by atoms with Crippen molar-refractivity contribution in [3.8, 4) is 0 Å². The number of Topliss-reactive ketones (excluding diaryl/α,β-unsaturated/α-hetero) is 1. The molecule has 0 fully saturated rings. The highest BCUT2D eigenvalue weighted by atomic mass is 79.9. The third-order valence-corrected chi connectivity index (χ3v) is 2.49. The number of benzene rings is 1. The molecular formula is C11H10BrClO. The first-order valence-corrected chi connectivity index (χ1v) is 5.68. The molecule has 0 aromatic heterocycles. The summed E-state index contributed by atoms with van der Waals surface area (Å²) in [5, 5.41) is 1.40. The number of carbonyl (C=O) groups excluding carboxylic acids is 1. The van der Waals surface area contributed by atoms with Crippen molar-refractivity contribution in [2.45, 2.75) is 6.92 Å². The van der Waals surface area contributed by atoms with Gasteiger partial charge in [0.2, 0.25) is 0 Å². The molecule has 1 rings (SSSR count). The highest BCUT2D eigenvalue weighted by Crippen LogP contribution is 2.19. The van der Waals surface area contributed by atoms with E-state index < -0.39 is 0 Å². The summed E-state index contributed by atoms with van der Waals surface area (Å²) >= 11 is 9.28. The minimum Gasteiger partial charge on any atom is -0.295 e. The van der Waals surface area contributed by atoms with Gasteiger partial charge in [0.1, 0.15) is 0 Å². The van der Waals surface area contributed by atoms with Gasteiger partial charge in [0.15, 0.2) is 5.78 Å². The van der Waals surface area contributed by atoms with E-state index in [2.05, 4.69) is 15.9 Å². The van der Waals surface area contributed by atoms with Crippen LogP contribution in [0.1, 0.15) is 22.8 Å². The molecule has 0 atom stereocenters. The fourth-order valence-electron chi connectivity index (χ4n) is 1.05. The largest absolute Gasteiger partial charge is 0.295 e. The topological polar surface area (TPSA) is 17.1 Å². The molecule has 0 bridgehead atoms. The molecule has 0 saturated heterocycles. The first-order valence-electron chi connectivity index (χ1n) is 4.18. The molecule has 1 aromatic carbocycles. The average molecular weight is 274 g/mol. The van der Waals surface area contributed by atoms with Gasteiger partial charge in [-0.25, -0.2) is 0 Å². The zero-order chi connectivity index (χ0) is 10.6. The van der Waals surface area contributed by atoms with Gasteiger partial charge in [-0.15, -0.1) is 0 Å². The first-order chi connectivity index (χ1) is 6.65. The molecule has 0 aliphatic heterocycles. The van der Waals surface area contributed by atoms with Crippen molar-refractivity contribution < 1.29 is 4.79 Å². The van der Waals surface area contributed by atoms with E-state index >= 15 is 0 Å². The number of rotatable bonds is 3. The molecule has 0 amide bonds. The maximum Gasteiger partial charge on any atom is 0.159 e. The SMILES string of the molecule is CC(=O)c1ccc(C=CCBr)c(Cl)c1. The molecule has 0 N–H and O–H groups in total. The van der Waals surface area contributed by atoms with Crippen LogP contribution in [0.5, 0.6) is 0 Å². The molecule has 0 radical (unpaired) electrons. The zero-order valence-corrected chi connectivity index (χ0v) is 10.1. The highest BCUT2D eigenvalue weighted by Gasteiger charge is 2.02. The van der Waals surface area contributed by atoms with E-state index in [1.54, 1.807) is 12.1 Å². The molecule has 14 heavy (non-hydrogen) atoms. The summed E-state index contributed by atoms with van der Waals surface area (Å²) < 4.78 is 0. The lowest BCUT2D eigenvalue weighted by atomic mass is 10.1. The van der Waals surface area contributed by atoms with Crippen LogP contribution in [0.25, 0.3) is 6.08 Å². The van der Waals surface area contributed by atoms with Gasteiger partial charge in [-0.3, -0.25) is 4.79 Å². The summed E-state index contributed by atoms with van der Waals surface area (Å²) in [6, 6.07) is 5.32. The normalized spacial score (nSPS) is 10.8. The molecule has 0 aliphatic rings. The van der Waals surface area contributed by atoms with E-state index in [0.29, 0.717) is 10.6 Å². The number of carbonyl (C=O) groups is 1. The minimum absolute atomic E-state index is 0.0305. The lowest BCUT2D eigenvalue weighted by molar-refractivity contribution is 0.101. The second-order valence-electron chi connectivity index (χ2n) is 2.85. The summed E-state index contributed by atoms with van der Waals surface area (Å²) in [5.74, 6) is 0.0305. The van der Waals surface area contributed by atoms with Gasteiger partial charge in [-0.1, -0.05) is 51.8 Å². The Morgan fingerprint density at radius 3 is 2.79 bits per heavy atom. The van der Waals surface area contributed by atoms with Crippen molar-refractivity contribution in [1.29, 1.82) is 0 Å². The number of alkyl halides is 1. The molecule has 0 saturated carbocycles. The van der Waals surface area contributed by atoms with Crippen molar-refractivity contribution in [3.63, 3.8) is 0 Å². The van der Waals surface area contributed by atoms with Gasteiger partial charge in [-0.2, -0.15) is 0 Å². The Hall–Kier alpha value is -0.600. The van der Waals surface area contributed by atoms with E-state index in [-0.39, 0.29) is 5.78 Å². The van der Waals surface area contributed by atoms with E-state index in [0.717, 1.165) is 10.9 Å². The van der Waals surface area contributed by atoms with Crippen molar-refractivity contribution in [2.24, 2.45) is 0 Å². The molecule has 3 heteroatoms. The van der Waals surface area contributed by atoms with Crippen molar-refractivity contribution in [1.82, 2.24) is 0 Å². The number of halogens is 2. The van der Waals surface area contributed by atoms with Gasteiger partial charge in [0.25, 0.3) is 0 Å². The fraction of sp³-hybridized carbons (Fsp3) is 0.182. The van der Waals surface area contributed by atoms with E-state index in [1.165, 1.54) is 6.92 Å². The van der Waals surface area contributed by atoms with E-state index in [9.17, 15) is 4.79 Å². The number of hydrogen-bond donors (Lipinski definition) is 0. The quantitative estimate of drug-likeness (QED) is 0.602. The van der Waals surface area contributed by atoms with Gasteiger partial charge in [0, 0.05) is 15.9 Å². The molecule has 0 aliphatic carbocycles. The Labute approximate surface area is 96.9 Å². The van der Waals surface area contributed by atoms with Crippen molar-refractivity contribution in [2.75, 3.05) is 5.33 Å². The van der Waals surface area contributed by atoms with Crippen LogP contribution in [-0.2, 0) is 0 Å². The van der Waals surface area contributed by atoms with Crippen LogP contribution < -0.4 is 0 Å². The summed E-state index contributed by atoms with van der Waals surface area (Å²) in [6.07, 6.45) is 3.87. The van der Waals surface area contributed by atoms with Crippen LogP contribution >= 0.6 is 27.5 Å². The predicted molar refractivity (Wildman–Crippen MR) is 64.3 cm³/mol. The third kappa shape index (κ3) is 2.96. The van der Waals surface area contributed by atoms with Crippen LogP contribution in [0, 0.1) is 0 Å². The molecular weight excluding hydrogens is 263 g/mol. The summed E-state index contributed by atoms with van der Waals surface area (Å²) in [7, 11) is 0. The minimum atomic E-state index is 0.0305.